The van der Waals surface area contributed by atoms with Gasteiger partial charge in [0.1, 0.15) is 51.8 Å². The van der Waals surface area contributed by atoms with Crippen molar-refractivity contribution in [3.63, 3.8) is 0 Å². The van der Waals surface area contributed by atoms with Crippen molar-refractivity contribution in [2.45, 2.75) is 59.2 Å². The topological polar surface area (TPSA) is 104 Å². The van der Waals surface area contributed by atoms with Gasteiger partial charge in [-0.25, -0.2) is 0 Å². The van der Waals surface area contributed by atoms with E-state index < -0.39 is 5.60 Å². The second kappa shape index (κ2) is 13.5. The van der Waals surface area contributed by atoms with Gasteiger partial charge in [0, 0.05) is 6.42 Å². The van der Waals surface area contributed by atoms with Gasteiger partial charge in [0.15, 0.2) is 5.78 Å². The molecule has 0 fully saturated rings. The highest BCUT2D eigenvalue weighted by Gasteiger charge is 2.27. The zero-order valence-electron chi connectivity index (χ0n) is 30.2. The summed E-state index contributed by atoms with van der Waals surface area (Å²) < 4.78 is 28.3. The normalized spacial score (nSPS) is 14.7. The van der Waals surface area contributed by atoms with Crippen LogP contribution in [0.5, 0.6) is 28.7 Å². The van der Waals surface area contributed by atoms with Gasteiger partial charge in [-0.15, -0.1) is 0 Å². The SMILES string of the molecule is COc1cc(-c2coc3c4c(ccc3c2=O)OC(C)(C)C=C4)ccc1C.COc1cc(CC(=O)c2ccc3c(c2O)C=CC(C)(C)O3)ccc1C. The Morgan fingerprint density at radius 1 is 0.765 bits per heavy atom. The molecule has 0 bridgehead atoms. The van der Waals surface area contributed by atoms with Crippen molar-refractivity contribution in [2.24, 2.45) is 0 Å². The lowest BCUT2D eigenvalue weighted by Gasteiger charge is -2.28. The molecule has 7 rings (SSSR count). The van der Waals surface area contributed by atoms with Crippen LogP contribution in [0.15, 0.2) is 88.3 Å². The number of carbonyl (C=O) groups is 1. The van der Waals surface area contributed by atoms with Gasteiger partial charge >= 0.3 is 0 Å². The summed E-state index contributed by atoms with van der Waals surface area (Å²) in [6, 6.07) is 18.3. The largest absolute Gasteiger partial charge is 0.506 e. The molecule has 51 heavy (non-hydrogen) atoms. The standard InChI is InChI=1S/C22H20O4.C21H22O4/c1-13-5-6-14(11-19(13)24-4)17-12-25-21-15-9-10-22(2,3)26-18(15)8-7-16(21)20(17)23;1-13-5-6-14(12-19(13)24-4)11-17(22)15-7-8-18-16(20(15)23)9-10-21(2,3)25-18/h5-12H,1-4H3;5-10,12,23H,11H2,1-4H3. The first kappa shape index (κ1) is 35.1. The van der Waals surface area contributed by atoms with Gasteiger partial charge < -0.3 is 28.5 Å². The summed E-state index contributed by atoms with van der Waals surface area (Å²) in [5.41, 5.74) is 5.47. The molecule has 4 aromatic carbocycles. The highest BCUT2D eigenvalue weighted by molar-refractivity contribution is 6.01. The van der Waals surface area contributed by atoms with Crippen molar-refractivity contribution < 1.29 is 33.3 Å². The zero-order valence-corrected chi connectivity index (χ0v) is 30.2. The number of hydrogen-bond donors (Lipinski definition) is 1. The second-order valence-corrected chi connectivity index (χ2v) is 13.9. The van der Waals surface area contributed by atoms with E-state index in [2.05, 4.69) is 0 Å². The van der Waals surface area contributed by atoms with Crippen molar-refractivity contribution in [2.75, 3.05) is 14.2 Å². The maximum atomic E-state index is 13.1. The van der Waals surface area contributed by atoms with Gasteiger partial charge in [0.2, 0.25) is 5.43 Å². The minimum atomic E-state index is -0.427. The molecule has 8 nitrogen and oxygen atoms in total. The highest BCUT2D eigenvalue weighted by atomic mass is 16.5. The molecule has 8 heteroatoms. The first-order valence-electron chi connectivity index (χ1n) is 16.7. The summed E-state index contributed by atoms with van der Waals surface area (Å²) in [7, 11) is 3.23. The number of ketones is 1. The Balaban J connectivity index is 0.000000176. The summed E-state index contributed by atoms with van der Waals surface area (Å²) in [6.45, 7) is 11.8. The molecular formula is C43H42O8. The molecule has 2 aliphatic heterocycles. The van der Waals surface area contributed by atoms with Crippen LogP contribution >= 0.6 is 0 Å². The van der Waals surface area contributed by atoms with Gasteiger partial charge in [0.25, 0.3) is 0 Å². The number of ether oxygens (including phenoxy) is 4. The number of aromatic hydroxyl groups is 1. The molecule has 5 aromatic rings. The minimum Gasteiger partial charge on any atom is -0.506 e. The number of hydrogen-bond acceptors (Lipinski definition) is 8. The zero-order chi connectivity index (χ0) is 36.7. The molecule has 0 radical (unpaired) electrons. The molecule has 1 N–H and O–H groups in total. The molecule has 1 aromatic heterocycles. The van der Waals surface area contributed by atoms with E-state index in [-0.39, 0.29) is 29.0 Å². The van der Waals surface area contributed by atoms with E-state index in [0.717, 1.165) is 45.1 Å². The Morgan fingerprint density at radius 2 is 1.35 bits per heavy atom. The number of fused-ring (bicyclic) bond motifs is 4. The average Bonchev–Trinajstić information content (AvgIpc) is 3.09. The molecule has 0 aliphatic carbocycles. The van der Waals surface area contributed by atoms with Crippen LogP contribution < -0.4 is 24.4 Å². The molecule has 0 saturated heterocycles. The smallest absolute Gasteiger partial charge is 0.200 e. The molecule has 3 heterocycles. The maximum Gasteiger partial charge on any atom is 0.200 e. The predicted octanol–water partition coefficient (Wildman–Crippen LogP) is 9.28. The number of carbonyl (C=O) groups excluding carboxylic acids is 1. The Kier molecular flexibility index (Phi) is 9.29. The summed E-state index contributed by atoms with van der Waals surface area (Å²) in [4.78, 5) is 25.7. The average molecular weight is 687 g/mol. The van der Waals surface area contributed by atoms with Crippen molar-refractivity contribution in [3.8, 4) is 39.9 Å². The van der Waals surface area contributed by atoms with Crippen molar-refractivity contribution in [3.05, 3.63) is 123 Å². The van der Waals surface area contributed by atoms with Crippen LogP contribution in [-0.2, 0) is 6.42 Å². The first-order valence-corrected chi connectivity index (χ1v) is 16.7. The fourth-order valence-electron chi connectivity index (χ4n) is 6.16. The van der Waals surface area contributed by atoms with Crippen LogP contribution in [0.25, 0.3) is 34.2 Å². The Hall–Kier alpha value is -5.76. The van der Waals surface area contributed by atoms with Crippen LogP contribution in [0.4, 0.5) is 0 Å². The summed E-state index contributed by atoms with van der Waals surface area (Å²) in [5.74, 6) is 2.61. The van der Waals surface area contributed by atoms with Crippen LogP contribution in [-0.4, -0.2) is 36.3 Å². The van der Waals surface area contributed by atoms with E-state index >= 15 is 0 Å². The van der Waals surface area contributed by atoms with Crippen LogP contribution in [0.1, 0.15) is 65.9 Å². The van der Waals surface area contributed by atoms with Gasteiger partial charge in [-0.05, 0) is 124 Å². The van der Waals surface area contributed by atoms with E-state index in [1.54, 1.807) is 38.5 Å². The van der Waals surface area contributed by atoms with E-state index in [1.807, 2.05) is 102 Å². The summed E-state index contributed by atoms with van der Waals surface area (Å²) >= 11 is 0. The van der Waals surface area contributed by atoms with Crippen LogP contribution in [0.3, 0.4) is 0 Å². The van der Waals surface area contributed by atoms with E-state index in [1.165, 1.54) is 6.26 Å². The summed E-state index contributed by atoms with van der Waals surface area (Å²) in [5, 5.41) is 11.1. The number of benzene rings is 4. The highest BCUT2D eigenvalue weighted by Crippen LogP contribution is 2.39. The number of rotatable bonds is 6. The minimum absolute atomic E-state index is 0.0340. The Labute approximate surface area is 297 Å². The number of phenolic OH excluding ortho intramolecular Hbond substituents is 1. The number of phenols is 1. The molecular weight excluding hydrogens is 644 g/mol. The Morgan fingerprint density at radius 3 is 2.02 bits per heavy atom. The molecule has 2 aliphatic rings. The second-order valence-electron chi connectivity index (χ2n) is 13.9. The van der Waals surface area contributed by atoms with Gasteiger partial charge in [0.05, 0.1) is 41.9 Å². The molecule has 0 spiro atoms. The molecule has 0 unspecified atom stereocenters. The quantitative estimate of drug-likeness (QED) is 0.176. The molecule has 0 amide bonds. The molecule has 262 valence electrons. The van der Waals surface area contributed by atoms with Crippen molar-refractivity contribution >= 4 is 28.9 Å². The van der Waals surface area contributed by atoms with Gasteiger partial charge in [-0.2, -0.15) is 0 Å². The lowest BCUT2D eigenvalue weighted by molar-refractivity contribution is 0.0990. The number of Topliss-reactive ketones (excluding diaryl/α,β-unsaturated/α-hetero) is 1. The van der Waals surface area contributed by atoms with Crippen LogP contribution in [0, 0.1) is 13.8 Å². The number of aryl methyl sites for hydroxylation is 2. The molecule has 0 saturated carbocycles. The van der Waals surface area contributed by atoms with Gasteiger partial charge in [-0.3, -0.25) is 9.59 Å². The van der Waals surface area contributed by atoms with E-state index in [9.17, 15) is 14.7 Å². The third-order valence-corrected chi connectivity index (χ3v) is 9.02. The number of methoxy groups -OCH3 is 2. The maximum absolute atomic E-state index is 13.1. The summed E-state index contributed by atoms with van der Waals surface area (Å²) in [6.07, 6.45) is 9.31. The fourth-order valence-corrected chi connectivity index (χ4v) is 6.16. The lowest BCUT2D eigenvalue weighted by Crippen LogP contribution is -2.27. The predicted molar refractivity (Wildman–Crippen MR) is 201 cm³/mol. The third-order valence-electron chi connectivity index (χ3n) is 9.02. The Bertz CT molecular complexity index is 2290. The lowest BCUT2D eigenvalue weighted by atomic mass is 9.96. The van der Waals surface area contributed by atoms with E-state index in [0.29, 0.717) is 33.4 Å². The van der Waals surface area contributed by atoms with Crippen molar-refractivity contribution in [1.82, 2.24) is 0 Å². The molecule has 0 atom stereocenters. The monoisotopic (exact) mass is 686 g/mol. The van der Waals surface area contributed by atoms with E-state index in [4.69, 9.17) is 23.4 Å². The fraction of sp³-hybridized carbons (Fsp3) is 0.256. The first-order chi connectivity index (χ1) is 24.2. The van der Waals surface area contributed by atoms with Gasteiger partial charge in [-0.1, -0.05) is 24.3 Å². The van der Waals surface area contributed by atoms with Crippen molar-refractivity contribution in [1.29, 1.82) is 0 Å². The third kappa shape index (κ3) is 7.13. The van der Waals surface area contributed by atoms with Crippen LogP contribution in [0.2, 0.25) is 0 Å².